The van der Waals surface area contributed by atoms with Gasteiger partial charge in [0.15, 0.2) is 0 Å². The van der Waals surface area contributed by atoms with E-state index in [9.17, 15) is 4.79 Å². The van der Waals surface area contributed by atoms with Crippen LogP contribution in [0.3, 0.4) is 0 Å². The fraction of sp³-hybridized carbons (Fsp3) is 0.773. The molecule has 1 unspecified atom stereocenters. The first kappa shape index (κ1) is 15.7. The molecule has 0 spiro atoms. The van der Waals surface area contributed by atoms with Gasteiger partial charge < -0.3 is 4.79 Å². The lowest BCUT2D eigenvalue weighted by Crippen LogP contribution is -2.49. The lowest BCUT2D eigenvalue weighted by molar-refractivity contribution is -0.115. The number of aldehydes is 1. The van der Waals surface area contributed by atoms with Gasteiger partial charge in [0.1, 0.15) is 6.29 Å². The first-order valence-corrected chi connectivity index (χ1v) is 9.83. The van der Waals surface area contributed by atoms with Crippen LogP contribution in [0, 0.1) is 40.4 Å². The Morgan fingerprint density at radius 2 is 2.00 bits per heavy atom. The Labute approximate surface area is 141 Å². The molecular formula is C22H32O. The Morgan fingerprint density at radius 1 is 1.17 bits per heavy atom. The van der Waals surface area contributed by atoms with Gasteiger partial charge in [0.05, 0.1) is 0 Å². The number of allylic oxidation sites excluding steroid dienone is 4. The van der Waals surface area contributed by atoms with Crippen molar-refractivity contribution in [1.29, 1.82) is 0 Å². The Bertz CT molecular complexity index is 558. The van der Waals surface area contributed by atoms with E-state index in [1.807, 2.05) is 0 Å². The predicted octanol–water partition coefficient (Wildman–Crippen LogP) is 5.57. The molecule has 2 saturated carbocycles. The van der Waals surface area contributed by atoms with Crippen LogP contribution in [0.4, 0.5) is 0 Å². The minimum absolute atomic E-state index is 0.240. The molecule has 7 atom stereocenters. The molecule has 0 N–H and O–H groups in total. The second-order valence-electron chi connectivity index (χ2n) is 9.35. The van der Waals surface area contributed by atoms with Crippen LogP contribution in [0.1, 0.15) is 65.7 Å². The third kappa shape index (κ3) is 2.07. The van der Waals surface area contributed by atoms with Gasteiger partial charge in [-0.15, -0.1) is 0 Å². The van der Waals surface area contributed by atoms with Crippen LogP contribution in [-0.2, 0) is 4.79 Å². The summed E-state index contributed by atoms with van der Waals surface area (Å²) in [5, 5.41) is 0. The zero-order valence-electron chi connectivity index (χ0n) is 15.1. The molecule has 2 fully saturated rings. The van der Waals surface area contributed by atoms with E-state index in [1.165, 1.54) is 51.2 Å². The molecule has 23 heavy (non-hydrogen) atoms. The molecule has 0 heterocycles. The molecule has 0 aromatic carbocycles. The number of fused-ring (bicyclic) bond motifs is 5. The van der Waals surface area contributed by atoms with E-state index in [-0.39, 0.29) is 5.92 Å². The van der Waals surface area contributed by atoms with E-state index in [1.54, 1.807) is 5.57 Å². The third-order valence-electron chi connectivity index (χ3n) is 8.58. The van der Waals surface area contributed by atoms with E-state index >= 15 is 0 Å². The molecule has 4 rings (SSSR count). The number of hydrogen-bond donors (Lipinski definition) is 0. The summed E-state index contributed by atoms with van der Waals surface area (Å²) < 4.78 is 0. The SMILES string of the molecule is CC(C=O)[C@H]1CC[C@H]2[C@@H]3CC=C4C=CCC[C@]4(C)[C@H]3CC[C@]12C. The Morgan fingerprint density at radius 3 is 2.78 bits per heavy atom. The number of rotatable bonds is 2. The molecule has 0 bridgehead atoms. The van der Waals surface area contributed by atoms with Crippen LogP contribution in [0.5, 0.6) is 0 Å². The molecule has 0 saturated heterocycles. The maximum absolute atomic E-state index is 11.4. The van der Waals surface area contributed by atoms with Gasteiger partial charge in [-0.25, -0.2) is 0 Å². The maximum atomic E-state index is 11.4. The average molecular weight is 312 g/mol. The van der Waals surface area contributed by atoms with Crippen molar-refractivity contribution < 1.29 is 4.79 Å². The van der Waals surface area contributed by atoms with E-state index < -0.39 is 0 Å². The van der Waals surface area contributed by atoms with Gasteiger partial charge in [0.25, 0.3) is 0 Å². The highest BCUT2D eigenvalue weighted by molar-refractivity contribution is 5.53. The summed E-state index contributed by atoms with van der Waals surface area (Å²) in [6.45, 7) is 7.22. The molecule has 1 nitrogen and oxygen atoms in total. The highest BCUT2D eigenvalue weighted by Crippen LogP contribution is 2.66. The smallest absolute Gasteiger partial charge is 0.123 e. The van der Waals surface area contributed by atoms with E-state index in [2.05, 4.69) is 39.0 Å². The predicted molar refractivity (Wildman–Crippen MR) is 94.9 cm³/mol. The molecular weight excluding hydrogens is 280 g/mol. The number of carbonyl (C=O) groups is 1. The van der Waals surface area contributed by atoms with Crippen molar-refractivity contribution in [1.82, 2.24) is 0 Å². The molecule has 1 heteroatoms. The van der Waals surface area contributed by atoms with Crippen LogP contribution in [0.2, 0.25) is 0 Å². The minimum Gasteiger partial charge on any atom is -0.303 e. The fourth-order valence-corrected chi connectivity index (χ4v) is 7.30. The first-order valence-electron chi connectivity index (χ1n) is 9.83. The van der Waals surface area contributed by atoms with Crippen molar-refractivity contribution in [2.45, 2.75) is 65.7 Å². The average Bonchev–Trinajstić information content (AvgIpc) is 2.91. The zero-order chi connectivity index (χ0) is 16.2. The van der Waals surface area contributed by atoms with Crippen molar-refractivity contribution in [2.75, 3.05) is 0 Å². The normalized spacial score (nSPS) is 49.6. The number of carbonyl (C=O) groups excluding carboxylic acids is 1. The molecule has 0 aliphatic heterocycles. The minimum atomic E-state index is 0.240. The topological polar surface area (TPSA) is 17.1 Å². The molecule has 4 aliphatic carbocycles. The van der Waals surface area contributed by atoms with Crippen LogP contribution in [-0.4, -0.2) is 6.29 Å². The van der Waals surface area contributed by atoms with Crippen molar-refractivity contribution in [3.05, 3.63) is 23.8 Å². The standard InChI is InChI=1S/C22H32O/c1-15(14-23)18-9-10-19-17-8-7-16-6-4-5-12-21(16,2)20(17)11-13-22(18,19)3/h4,6-7,14-15,17-20H,5,8-13H2,1-3H3/t15?,17-,18+,19-,20-,21-,22+/m0/s1. The van der Waals surface area contributed by atoms with Gasteiger partial charge in [-0.05, 0) is 85.0 Å². The van der Waals surface area contributed by atoms with Gasteiger partial charge in [-0.3, -0.25) is 0 Å². The molecule has 0 amide bonds. The van der Waals surface area contributed by atoms with Gasteiger partial charge in [-0.2, -0.15) is 0 Å². The van der Waals surface area contributed by atoms with Crippen LogP contribution in [0.25, 0.3) is 0 Å². The van der Waals surface area contributed by atoms with Crippen molar-refractivity contribution in [3.8, 4) is 0 Å². The lowest BCUT2D eigenvalue weighted by Gasteiger charge is -2.57. The summed E-state index contributed by atoms with van der Waals surface area (Å²) in [5.41, 5.74) is 2.46. The van der Waals surface area contributed by atoms with Gasteiger partial charge in [0, 0.05) is 5.92 Å². The maximum Gasteiger partial charge on any atom is 0.123 e. The van der Waals surface area contributed by atoms with E-state index in [0.717, 1.165) is 17.8 Å². The molecule has 0 aromatic heterocycles. The largest absolute Gasteiger partial charge is 0.303 e. The van der Waals surface area contributed by atoms with E-state index in [4.69, 9.17) is 0 Å². The van der Waals surface area contributed by atoms with Gasteiger partial charge >= 0.3 is 0 Å². The summed E-state index contributed by atoms with van der Waals surface area (Å²) in [6.07, 6.45) is 17.8. The van der Waals surface area contributed by atoms with Gasteiger partial charge in [0.2, 0.25) is 0 Å². The van der Waals surface area contributed by atoms with Crippen LogP contribution >= 0.6 is 0 Å². The van der Waals surface area contributed by atoms with Gasteiger partial charge in [-0.1, -0.05) is 39.0 Å². The summed E-state index contributed by atoms with van der Waals surface area (Å²) >= 11 is 0. The monoisotopic (exact) mass is 312 g/mol. The van der Waals surface area contributed by atoms with Crippen molar-refractivity contribution in [3.63, 3.8) is 0 Å². The second kappa shape index (κ2) is 5.33. The van der Waals surface area contributed by atoms with Crippen molar-refractivity contribution in [2.24, 2.45) is 40.4 Å². The van der Waals surface area contributed by atoms with Crippen LogP contribution in [0.15, 0.2) is 23.8 Å². The summed E-state index contributed by atoms with van der Waals surface area (Å²) in [5.74, 6) is 3.43. The molecule has 0 radical (unpaired) electrons. The first-order chi connectivity index (χ1) is 11.0. The molecule has 4 aliphatic rings. The zero-order valence-corrected chi connectivity index (χ0v) is 15.1. The van der Waals surface area contributed by atoms with E-state index in [0.29, 0.717) is 16.7 Å². The number of hydrogen-bond acceptors (Lipinski definition) is 1. The highest BCUT2D eigenvalue weighted by Gasteiger charge is 2.58. The lowest BCUT2D eigenvalue weighted by atomic mass is 9.47. The van der Waals surface area contributed by atoms with Crippen molar-refractivity contribution >= 4 is 6.29 Å². The van der Waals surface area contributed by atoms with Crippen LogP contribution < -0.4 is 0 Å². The summed E-state index contributed by atoms with van der Waals surface area (Å²) in [7, 11) is 0. The molecule has 0 aromatic rings. The summed E-state index contributed by atoms with van der Waals surface area (Å²) in [6, 6.07) is 0. The quantitative estimate of drug-likeness (QED) is 0.609. The highest BCUT2D eigenvalue weighted by atomic mass is 16.1. The third-order valence-corrected chi connectivity index (χ3v) is 8.58. The Hall–Kier alpha value is -0.850. The molecule has 126 valence electrons. The second-order valence-corrected chi connectivity index (χ2v) is 9.35. The Balaban J connectivity index is 1.67. The fourth-order valence-electron chi connectivity index (χ4n) is 7.30. The Kier molecular flexibility index (Phi) is 3.63. The summed E-state index contributed by atoms with van der Waals surface area (Å²) in [4.78, 5) is 11.4.